The van der Waals surface area contributed by atoms with Gasteiger partial charge in [-0.25, -0.2) is 0 Å². The van der Waals surface area contributed by atoms with Crippen molar-refractivity contribution in [3.8, 4) is 0 Å². The van der Waals surface area contributed by atoms with Crippen molar-refractivity contribution in [3.63, 3.8) is 0 Å². The molecular weight excluding hydrogens is 320 g/mol. The second kappa shape index (κ2) is 181. The molecule has 8 heteroatoms. The highest BCUT2D eigenvalue weighted by molar-refractivity contribution is 3.85. The van der Waals surface area contributed by atoms with E-state index in [0.717, 1.165) is 0 Å². The Morgan fingerprint density at radius 1 is 0.250 bits per heavy atom. The summed E-state index contributed by atoms with van der Waals surface area (Å²) in [5.41, 5.74) is 0. The van der Waals surface area contributed by atoms with Crippen LogP contribution in [-0.2, 0) is 0 Å². The van der Waals surface area contributed by atoms with Gasteiger partial charge in [0.2, 0.25) is 0 Å². The van der Waals surface area contributed by atoms with E-state index in [1.807, 2.05) is 0 Å². The molecule has 0 unspecified atom stereocenters. The molecule has 160 valence electrons. The molecule has 0 spiro atoms. The van der Waals surface area contributed by atoms with Crippen LogP contribution in [0.1, 0.15) is 55.4 Å². The zero-order valence-electron chi connectivity index (χ0n) is 17.2. The number of hydrogen-bond donors (Lipinski definition) is 8. The quantitative estimate of drug-likeness (QED) is 0.296. The maximum atomic E-state index is 7.57. The maximum Gasteiger partial charge on any atom is 0.0402 e. The zero-order valence-corrected chi connectivity index (χ0v) is 17.2. The molecule has 0 aliphatic rings. The fourth-order valence-electron chi connectivity index (χ4n) is 0. The highest BCUT2D eigenvalue weighted by Crippen LogP contribution is 1.32. The molecule has 0 amide bonds. The van der Waals surface area contributed by atoms with E-state index in [1.165, 1.54) is 0 Å². The average Bonchev–Trinajstić information content (AvgIpc) is 2.45. The van der Waals surface area contributed by atoms with E-state index >= 15 is 0 Å². The normalized spacial score (nSPS) is 6.00. The number of hydrogen-bond acceptors (Lipinski definition) is 8. The molecule has 0 aliphatic carbocycles. The molecule has 8 nitrogen and oxygen atoms in total. The molecule has 0 bridgehead atoms. The third kappa shape index (κ3) is 90500. The van der Waals surface area contributed by atoms with E-state index in [0.29, 0.717) is 0 Å². The van der Waals surface area contributed by atoms with Crippen molar-refractivity contribution in [3.05, 3.63) is 0 Å². The number of rotatable bonds is 0. The van der Waals surface area contributed by atoms with Crippen LogP contribution in [0.3, 0.4) is 0 Å². The van der Waals surface area contributed by atoms with E-state index in [9.17, 15) is 0 Å². The molecule has 0 fully saturated rings. The van der Waals surface area contributed by atoms with Crippen LogP contribution in [0.2, 0.25) is 0 Å². The van der Waals surface area contributed by atoms with Crippen molar-refractivity contribution in [2.75, 3.05) is 52.9 Å². The van der Waals surface area contributed by atoms with Crippen LogP contribution in [0.25, 0.3) is 0 Å². The van der Waals surface area contributed by atoms with E-state index < -0.39 is 0 Å². The molecule has 0 saturated carbocycles. The summed E-state index contributed by atoms with van der Waals surface area (Å²) in [6.45, 7) is 15.4. The first-order valence-corrected chi connectivity index (χ1v) is 8.19. The van der Waals surface area contributed by atoms with Gasteiger partial charge < -0.3 is 40.9 Å². The van der Waals surface area contributed by atoms with Crippen LogP contribution < -0.4 is 0 Å². The third-order valence-corrected chi connectivity index (χ3v) is 0. The van der Waals surface area contributed by atoms with Crippen molar-refractivity contribution in [2.45, 2.75) is 55.4 Å². The fourth-order valence-corrected chi connectivity index (χ4v) is 0. The minimum atomic E-state index is 0.250. The predicted molar refractivity (Wildman–Crippen MR) is 102 cm³/mol. The Kier molecular flexibility index (Phi) is 373. The molecule has 0 rings (SSSR count). The van der Waals surface area contributed by atoms with E-state index in [4.69, 9.17) is 40.9 Å². The lowest BCUT2D eigenvalue weighted by molar-refractivity contribution is 0.318. The number of aliphatic hydroxyl groups is 8. The van der Waals surface area contributed by atoms with Gasteiger partial charge in [0.1, 0.15) is 0 Å². The summed E-state index contributed by atoms with van der Waals surface area (Å²) in [6, 6.07) is 0. The van der Waals surface area contributed by atoms with Crippen LogP contribution in [0.5, 0.6) is 0 Å². The van der Waals surface area contributed by atoms with Crippen molar-refractivity contribution >= 4 is 0 Å². The summed E-state index contributed by atoms with van der Waals surface area (Å²) in [5.74, 6) is 0. The fraction of sp³-hybridized carbons (Fsp3) is 1.00. The molecule has 0 aromatic heterocycles. The second-order valence-electron chi connectivity index (χ2n) is 2.53. The van der Waals surface area contributed by atoms with Gasteiger partial charge in [-0.15, -0.1) is 0 Å². The Bertz CT molecular complexity index is 46.0. The standard InChI is InChI=1S/8C2H6O/c8*1-2-3/h8*3H,2H2,1H3. The Hall–Kier alpha value is -0.320. The topological polar surface area (TPSA) is 162 Å². The second-order valence-corrected chi connectivity index (χ2v) is 2.53. The van der Waals surface area contributed by atoms with E-state index in [1.54, 1.807) is 55.4 Å². The van der Waals surface area contributed by atoms with Crippen LogP contribution in [0.4, 0.5) is 0 Å². The first-order chi connectivity index (χ1) is 11.3. The highest BCUT2D eigenvalue weighted by atomic mass is 16.3. The average molecular weight is 369 g/mol. The lowest BCUT2D eigenvalue weighted by atomic mass is 10.9. The van der Waals surface area contributed by atoms with E-state index in [2.05, 4.69) is 0 Å². The van der Waals surface area contributed by atoms with E-state index in [-0.39, 0.29) is 52.9 Å². The molecule has 8 N–H and O–H groups in total. The van der Waals surface area contributed by atoms with Crippen LogP contribution in [-0.4, -0.2) is 93.7 Å². The molecular formula is C16H48O8. The molecule has 0 aromatic carbocycles. The molecule has 0 radical (unpaired) electrons. The Morgan fingerprint density at radius 2 is 0.250 bits per heavy atom. The van der Waals surface area contributed by atoms with Crippen molar-refractivity contribution in [1.82, 2.24) is 0 Å². The summed E-state index contributed by atoms with van der Waals surface area (Å²) in [6.07, 6.45) is 0. The number of aliphatic hydroxyl groups excluding tert-OH is 8. The van der Waals surface area contributed by atoms with Gasteiger partial charge in [-0.05, 0) is 55.4 Å². The SMILES string of the molecule is CCO.CCO.CCO.CCO.CCO.CCO.CCO.CCO. The lowest BCUT2D eigenvalue weighted by Gasteiger charge is -1.52. The Labute approximate surface area is 150 Å². The van der Waals surface area contributed by atoms with Crippen LogP contribution in [0, 0.1) is 0 Å². The molecule has 0 aromatic rings. The summed E-state index contributed by atoms with van der Waals surface area (Å²) in [4.78, 5) is 0. The Morgan fingerprint density at radius 3 is 0.250 bits per heavy atom. The maximum absolute atomic E-state index is 7.57. The van der Waals surface area contributed by atoms with Gasteiger partial charge in [-0.2, -0.15) is 0 Å². The first-order valence-electron chi connectivity index (χ1n) is 8.19. The summed E-state index contributed by atoms with van der Waals surface area (Å²) in [7, 11) is 0. The summed E-state index contributed by atoms with van der Waals surface area (Å²) in [5, 5.41) is 60.6. The van der Waals surface area contributed by atoms with Gasteiger partial charge in [0, 0.05) is 52.9 Å². The van der Waals surface area contributed by atoms with Crippen molar-refractivity contribution in [2.24, 2.45) is 0 Å². The van der Waals surface area contributed by atoms with Crippen LogP contribution >= 0.6 is 0 Å². The van der Waals surface area contributed by atoms with Gasteiger partial charge in [-0.3, -0.25) is 0 Å². The van der Waals surface area contributed by atoms with Gasteiger partial charge in [0.25, 0.3) is 0 Å². The molecule has 0 saturated heterocycles. The van der Waals surface area contributed by atoms with Gasteiger partial charge in [0.05, 0.1) is 0 Å². The third-order valence-electron chi connectivity index (χ3n) is 0. The highest BCUT2D eigenvalue weighted by Gasteiger charge is 1.36. The smallest absolute Gasteiger partial charge is 0.0402 e. The van der Waals surface area contributed by atoms with Crippen molar-refractivity contribution in [1.29, 1.82) is 0 Å². The lowest BCUT2D eigenvalue weighted by Crippen LogP contribution is -1.57. The predicted octanol–water partition coefficient (Wildman–Crippen LogP) is -0.0112. The zero-order chi connectivity index (χ0) is 21.7. The monoisotopic (exact) mass is 368 g/mol. The molecule has 0 heterocycles. The largest absolute Gasteiger partial charge is 0.397 e. The molecule has 0 aliphatic heterocycles. The van der Waals surface area contributed by atoms with Gasteiger partial charge >= 0.3 is 0 Å². The van der Waals surface area contributed by atoms with Crippen molar-refractivity contribution < 1.29 is 40.9 Å². The minimum Gasteiger partial charge on any atom is -0.397 e. The first kappa shape index (κ1) is 49.5. The van der Waals surface area contributed by atoms with Crippen LogP contribution in [0.15, 0.2) is 0 Å². The molecule has 24 heavy (non-hydrogen) atoms. The minimum absolute atomic E-state index is 0.250. The van der Waals surface area contributed by atoms with Gasteiger partial charge in [-0.1, -0.05) is 0 Å². The Balaban J connectivity index is -0.0000000203. The van der Waals surface area contributed by atoms with Gasteiger partial charge in [0.15, 0.2) is 0 Å². The molecule has 0 atom stereocenters. The summed E-state index contributed by atoms with van der Waals surface area (Å²) < 4.78 is 0. The summed E-state index contributed by atoms with van der Waals surface area (Å²) >= 11 is 0.